The normalized spacial score (nSPS) is 29.6. The van der Waals surface area contributed by atoms with Gasteiger partial charge in [-0.1, -0.05) is 0 Å². The number of rotatable bonds is 3. The summed E-state index contributed by atoms with van der Waals surface area (Å²) in [6, 6.07) is 3.24. The maximum atomic E-state index is 11.9. The molecule has 0 aromatic carbocycles. The van der Waals surface area contributed by atoms with E-state index < -0.39 is 10.8 Å². The molecule has 0 saturated carbocycles. The first-order valence-electron chi connectivity index (χ1n) is 9.08. The SMILES string of the molecule is CS(=O)c1ncc2cc(C3CCOC3)nc(N3C4CCC3CC4)c2n1. The Bertz CT molecular complexity index is 832. The molecule has 2 aromatic heterocycles. The molecule has 6 nitrogen and oxygen atoms in total. The zero-order valence-corrected chi connectivity index (χ0v) is 15.2. The molecule has 132 valence electrons. The number of nitrogens with zero attached hydrogens (tertiary/aromatic N) is 4. The van der Waals surface area contributed by atoms with Crippen molar-refractivity contribution in [3.8, 4) is 0 Å². The summed E-state index contributed by atoms with van der Waals surface area (Å²) in [5.74, 6) is 1.32. The highest BCUT2D eigenvalue weighted by Crippen LogP contribution is 2.43. The van der Waals surface area contributed by atoms with Crippen molar-refractivity contribution in [3.63, 3.8) is 0 Å². The smallest absolute Gasteiger partial charge is 0.218 e. The number of fused-ring (bicyclic) bond motifs is 3. The third-order valence-corrected chi connectivity index (χ3v) is 6.56. The van der Waals surface area contributed by atoms with Gasteiger partial charge in [0, 0.05) is 48.1 Å². The van der Waals surface area contributed by atoms with E-state index in [0.717, 1.165) is 42.0 Å². The van der Waals surface area contributed by atoms with Crippen molar-refractivity contribution in [1.82, 2.24) is 15.0 Å². The van der Waals surface area contributed by atoms with Crippen molar-refractivity contribution in [2.75, 3.05) is 24.4 Å². The zero-order chi connectivity index (χ0) is 17.0. The van der Waals surface area contributed by atoms with Gasteiger partial charge in [-0.15, -0.1) is 0 Å². The van der Waals surface area contributed by atoms with Crippen LogP contribution in [0.25, 0.3) is 10.9 Å². The van der Waals surface area contributed by atoms with Crippen molar-refractivity contribution in [1.29, 1.82) is 0 Å². The molecule has 25 heavy (non-hydrogen) atoms. The second-order valence-corrected chi connectivity index (χ2v) is 8.62. The van der Waals surface area contributed by atoms with E-state index in [2.05, 4.69) is 20.9 Å². The molecule has 0 aliphatic carbocycles. The number of anilines is 1. The molecule has 5 rings (SSSR count). The molecule has 3 fully saturated rings. The Kier molecular flexibility index (Phi) is 3.74. The highest BCUT2D eigenvalue weighted by atomic mass is 32.2. The maximum Gasteiger partial charge on any atom is 0.218 e. The molecule has 0 amide bonds. The van der Waals surface area contributed by atoms with E-state index in [1.165, 1.54) is 25.7 Å². The van der Waals surface area contributed by atoms with E-state index in [-0.39, 0.29) is 0 Å². The van der Waals surface area contributed by atoms with Crippen LogP contribution in [0.1, 0.15) is 43.7 Å². The maximum absolute atomic E-state index is 11.9. The molecular weight excluding hydrogens is 336 g/mol. The Morgan fingerprint density at radius 2 is 1.92 bits per heavy atom. The quantitative estimate of drug-likeness (QED) is 0.785. The minimum atomic E-state index is -1.19. The van der Waals surface area contributed by atoms with Gasteiger partial charge in [0.15, 0.2) is 5.82 Å². The van der Waals surface area contributed by atoms with Crippen molar-refractivity contribution < 1.29 is 8.95 Å². The third-order valence-electron chi connectivity index (χ3n) is 5.85. The first-order chi connectivity index (χ1) is 12.2. The van der Waals surface area contributed by atoms with Crippen molar-refractivity contribution in [2.24, 2.45) is 0 Å². The largest absolute Gasteiger partial charge is 0.381 e. The lowest BCUT2D eigenvalue weighted by molar-refractivity contribution is 0.193. The molecule has 3 saturated heterocycles. The average molecular weight is 358 g/mol. The van der Waals surface area contributed by atoms with Crippen LogP contribution in [0.4, 0.5) is 5.82 Å². The van der Waals surface area contributed by atoms with Gasteiger partial charge < -0.3 is 9.64 Å². The standard InChI is InChI=1S/C18H22N4O2S/c1-25(23)18-19-9-12-8-15(11-6-7-24-10-11)20-17(16(12)21-18)22-13-2-3-14(22)5-4-13/h8-9,11,13-14H,2-7,10H2,1H3. The Balaban J connectivity index is 1.70. The molecule has 3 aliphatic heterocycles. The van der Waals surface area contributed by atoms with Crippen LogP contribution in [-0.4, -0.2) is 50.7 Å². The fourth-order valence-electron chi connectivity index (χ4n) is 4.58. The van der Waals surface area contributed by atoms with E-state index in [1.807, 2.05) is 6.20 Å². The summed E-state index contributed by atoms with van der Waals surface area (Å²) in [5.41, 5.74) is 1.93. The number of aromatic nitrogens is 3. The monoisotopic (exact) mass is 358 g/mol. The summed E-state index contributed by atoms with van der Waals surface area (Å²) in [4.78, 5) is 16.5. The third kappa shape index (κ3) is 2.56. The van der Waals surface area contributed by atoms with Gasteiger partial charge >= 0.3 is 0 Å². The topological polar surface area (TPSA) is 68.2 Å². The van der Waals surface area contributed by atoms with Gasteiger partial charge in [-0.25, -0.2) is 15.0 Å². The molecule has 2 aromatic rings. The van der Waals surface area contributed by atoms with Gasteiger partial charge in [0.1, 0.15) is 5.52 Å². The summed E-state index contributed by atoms with van der Waals surface area (Å²) in [6.45, 7) is 1.54. The molecular formula is C18H22N4O2S. The first kappa shape index (κ1) is 15.6. The predicted octanol–water partition coefficient (Wildman–Crippen LogP) is 2.40. The van der Waals surface area contributed by atoms with Crippen LogP contribution >= 0.6 is 0 Å². The number of ether oxygens (including phenoxy) is 1. The van der Waals surface area contributed by atoms with E-state index in [9.17, 15) is 4.21 Å². The molecule has 3 aliphatic rings. The predicted molar refractivity (Wildman–Crippen MR) is 96.4 cm³/mol. The van der Waals surface area contributed by atoms with Gasteiger partial charge in [-0.2, -0.15) is 0 Å². The molecule has 2 unspecified atom stereocenters. The van der Waals surface area contributed by atoms with Crippen LogP contribution < -0.4 is 4.90 Å². The number of pyridine rings is 1. The zero-order valence-electron chi connectivity index (χ0n) is 14.4. The van der Waals surface area contributed by atoms with Gasteiger partial charge in [-0.05, 0) is 38.2 Å². The highest BCUT2D eigenvalue weighted by molar-refractivity contribution is 7.84. The van der Waals surface area contributed by atoms with Gasteiger partial charge in [0.2, 0.25) is 5.16 Å². The van der Waals surface area contributed by atoms with Crippen molar-refractivity contribution >= 4 is 27.5 Å². The summed E-state index contributed by atoms with van der Waals surface area (Å²) >= 11 is 0. The molecule has 2 atom stereocenters. The lowest BCUT2D eigenvalue weighted by Gasteiger charge is -2.25. The van der Waals surface area contributed by atoms with Crippen LogP contribution in [-0.2, 0) is 15.5 Å². The minimum Gasteiger partial charge on any atom is -0.381 e. The van der Waals surface area contributed by atoms with Crippen LogP contribution in [0, 0.1) is 0 Å². The molecule has 5 heterocycles. The molecule has 7 heteroatoms. The Labute approximate surface area is 149 Å². The number of hydrogen-bond acceptors (Lipinski definition) is 6. The van der Waals surface area contributed by atoms with Crippen molar-refractivity contribution in [3.05, 3.63) is 18.0 Å². The summed E-state index contributed by atoms with van der Waals surface area (Å²) in [5, 5.41) is 1.38. The number of hydrogen-bond donors (Lipinski definition) is 0. The van der Waals surface area contributed by atoms with E-state index in [4.69, 9.17) is 9.72 Å². The first-order valence-corrected chi connectivity index (χ1v) is 10.6. The lowest BCUT2D eigenvalue weighted by Crippen LogP contribution is -2.30. The van der Waals surface area contributed by atoms with Gasteiger partial charge in [-0.3, -0.25) is 4.21 Å². The van der Waals surface area contributed by atoms with Gasteiger partial charge in [0.25, 0.3) is 0 Å². The van der Waals surface area contributed by atoms with E-state index in [1.54, 1.807) is 6.26 Å². The van der Waals surface area contributed by atoms with Crippen LogP contribution in [0.15, 0.2) is 17.4 Å². The lowest BCUT2D eigenvalue weighted by atomic mass is 10.0. The molecule has 0 N–H and O–H groups in total. The van der Waals surface area contributed by atoms with Gasteiger partial charge in [0.05, 0.1) is 17.4 Å². The van der Waals surface area contributed by atoms with Crippen LogP contribution in [0.2, 0.25) is 0 Å². The van der Waals surface area contributed by atoms with Crippen molar-refractivity contribution in [2.45, 2.75) is 55.3 Å². The van der Waals surface area contributed by atoms with Crippen LogP contribution in [0.3, 0.4) is 0 Å². The fourth-order valence-corrected chi connectivity index (χ4v) is 5.00. The summed E-state index contributed by atoms with van der Waals surface area (Å²) in [6.07, 6.45) is 9.40. The summed E-state index contributed by atoms with van der Waals surface area (Å²) in [7, 11) is -1.19. The molecule has 0 radical (unpaired) electrons. The Morgan fingerprint density at radius 1 is 1.16 bits per heavy atom. The Hall–Kier alpha value is -1.60. The molecule has 2 bridgehead atoms. The summed E-state index contributed by atoms with van der Waals surface area (Å²) < 4.78 is 17.4. The van der Waals surface area contributed by atoms with E-state index in [0.29, 0.717) is 23.2 Å². The minimum absolute atomic E-state index is 0.350. The van der Waals surface area contributed by atoms with E-state index >= 15 is 0 Å². The Morgan fingerprint density at radius 3 is 2.56 bits per heavy atom. The average Bonchev–Trinajstić information content (AvgIpc) is 3.37. The second kappa shape index (κ2) is 5.99. The highest BCUT2D eigenvalue weighted by Gasteiger charge is 2.41. The second-order valence-electron chi connectivity index (χ2n) is 7.35. The fraction of sp³-hybridized carbons (Fsp3) is 0.611. The van der Waals surface area contributed by atoms with Crippen LogP contribution in [0.5, 0.6) is 0 Å². The molecule has 0 spiro atoms.